The van der Waals surface area contributed by atoms with Gasteiger partial charge in [0.15, 0.2) is 0 Å². The molecule has 1 amide bonds. The SMILES string of the molecule is CC1C=NC(CCOc2ccc(CC3SC4(CC4)NC3=O)cc2)=CC1. The number of amides is 1. The molecule has 5 heteroatoms. The number of hydrogen-bond acceptors (Lipinski definition) is 4. The Bertz CT molecular complexity index is 707. The fraction of sp³-hybridized carbons (Fsp3) is 0.500. The molecule has 1 spiro atoms. The number of nitrogens with one attached hydrogen (secondary N) is 1. The summed E-state index contributed by atoms with van der Waals surface area (Å²) >= 11 is 1.80. The van der Waals surface area contributed by atoms with Crippen LogP contribution in [0.3, 0.4) is 0 Å². The van der Waals surface area contributed by atoms with E-state index in [0.717, 1.165) is 43.6 Å². The van der Waals surface area contributed by atoms with Crippen LogP contribution in [0.5, 0.6) is 5.75 Å². The average Bonchev–Trinajstić information content (AvgIpc) is 3.29. The van der Waals surface area contributed by atoms with E-state index in [1.807, 2.05) is 18.3 Å². The van der Waals surface area contributed by atoms with Gasteiger partial charge in [-0.05, 0) is 49.3 Å². The first-order valence-electron chi connectivity index (χ1n) is 9.07. The van der Waals surface area contributed by atoms with E-state index in [2.05, 4.69) is 35.4 Å². The molecule has 1 aromatic rings. The lowest BCUT2D eigenvalue weighted by Gasteiger charge is -2.12. The maximum absolute atomic E-state index is 12.0. The molecule has 1 N–H and O–H groups in total. The lowest BCUT2D eigenvalue weighted by molar-refractivity contribution is -0.120. The molecule has 0 radical (unpaired) electrons. The Labute approximate surface area is 153 Å². The van der Waals surface area contributed by atoms with Crippen LogP contribution in [-0.2, 0) is 11.2 Å². The molecule has 1 saturated heterocycles. The molecule has 0 aromatic heterocycles. The number of thioether (sulfide) groups is 1. The van der Waals surface area contributed by atoms with Crippen molar-refractivity contribution in [2.45, 2.75) is 49.1 Å². The summed E-state index contributed by atoms with van der Waals surface area (Å²) in [4.78, 5) is 16.6. The zero-order chi connectivity index (χ0) is 17.3. The summed E-state index contributed by atoms with van der Waals surface area (Å²) in [6, 6.07) is 8.14. The molecule has 1 saturated carbocycles. The van der Waals surface area contributed by atoms with Gasteiger partial charge < -0.3 is 10.1 Å². The summed E-state index contributed by atoms with van der Waals surface area (Å²) in [5, 5.41) is 3.18. The predicted molar refractivity (Wildman–Crippen MR) is 102 cm³/mol. The maximum Gasteiger partial charge on any atom is 0.234 e. The van der Waals surface area contributed by atoms with Crippen molar-refractivity contribution >= 4 is 23.9 Å². The molecule has 1 aromatic carbocycles. The molecular weight excluding hydrogens is 332 g/mol. The summed E-state index contributed by atoms with van der Waals surface area (Å²) in [5.41, 5.74) is 2.30. The second-order valence-electron chi connectivity index (χ2n) is 7.22. The third-order valence-corrected chi connectivity index (χ3v) is 6.53. The second kappa shape index (κ2) is 6.87. The van der Waals surface area contributed by atoms with E-state index in [9.17, 15) is 4.79 Å². The number of carbonyl (C=O) groups is 1. The van der Waals surface area contributed by atoms with Gasteiger partial charge in [-0.3, -0.25) is 9.79 Å². The Morgan fingerprint density at radius 1 is 1.32 bits per heavy atom. The molecule has 1 aliphatic carbocycles. The Morgan fingerprint density at radius 2 is 2.12 bits per heavy atom. The van der Waals surface area contributed by atoms with Crippen LogP contribution >= 0.6 is 11.8 Å². The van der Waals surface area contributed by atoms with Gasteiger partial charge in [-0.25, -0.2) is 0 Å². The highest BCUT2D eigenvalue weighted by Gasteiger charge is 2.53. The summed E-state index contributed by atoms with van der Waals surface area (Å²) in [5.74, 6) is 1.62. The first kappa shape index (κ1) is 16.7. The van der Waals surface area contributed by atoms with Gasteiger partial charge >= 0.3 is 0 Å². The molecule has 2 fully saturated rings. The standard InChI is InChI=1S/C20H24N2O2S/c1-14-2-5-16(21-13-14)8-11-24-17-6-3-15(4-7-17)12-18-19(23)22-20(25-18)9-10-20/h3-7,13-14,18H,2,8-12H2,1H3,(H,22,23). The summed E-state index contributed by atoms with van der Waals surface area (Å²) in [6.45, 7) is 2.81. The molecule has 132 valence electrons. The van der Waals surface area contributed by atoms with Crippen molar-refractivity contribution in [1.29, 1.82) is 0 Å². The van der Waals surface area contributed by atoms with Gasteiger partial charge in [-0.15, -0.1) is 11.8 Å². The minimum Gasteiger partial charge on any atom is -0.493 e. The molecule has 2 atom stereocenters. The third kappa shape index (κ3) is 4.09. The zero-order valence-electron chi connectivity index (χ0n) is 14.5. The zero-order valence-corrected chi connectivity index (χ0v) is 15.3. The predicted octanol–water partition coefficient (Wildman–Crippen LogP) is 3.71. The normalized spacial score (nSPS) is 26.4. The number of nitrogens with zero attached hydrogens (tertiary/aromatic N) is 1. The van der Waals surface area contributed by atoms with E-state index >= 15 is 0 Å². The number of ether oxygens (including phenoxy) is 1. The molecule has 4 nitrogen and oxygen atoms in total. The van der Waals surface area contributed by atoms with Crippen LogP contribution in [0, 0.1) is 5.92 Å². The fourth-order valence-corrected chi connectivity index (χ4v) is 4.67. The fourth-order valence-electron chi connectivity index (χ4n) is 3.19. The van der Waals surface area contributed by atoms with Gasteiger partial charge in [-0.1, -0.05) is 25.1 Å². The van der Waals surface area contributed by atoms with Crippen LogP contribution < -0.4 is 10.1 Å². The van der Waals surface area contributed by atoms with Gasteiger partial charge in [-0.2, -0.15) is 0 Å². The van der Waals surface area contributed by atoms with Crippen molar-refractivity contribution in [3.05, 3.63) is 41.6 Å². The van der Waals surface area contributed by atoms with Crippen molar-refractivity contribution in [3.8, 4) is 5.75 Å². The van der Waals surface area contributed by atoms with E-state index in [-0.39, 0.29) is 16.0 Å². The van der Waals surface area contributed by atoms with Crippen LogP contribution in [-0.4, -0.2) is 28.8 Å². The van der Waals surface area contributed by atoms with Crippen LogP contribution in [0.2, 0.25) is 0 Å². The Morgan fingerprint density at radius 3 is 2.76 bits per heavy atom. The number of aliphatic imine (C=N–C) groups is 1. The second-order valence-corrected chi connectivity index (χ2v) is 8.81. The van der Waals surface area contributed by atoms with E-state index in [1.165, 1.54) is 5.56 Å². The van der Waals surface area contributed by atoms with Crippen LogP contribution in [0.15, 0.2) is 41.0 Å². The van der Waals surface area contributed by atoms with E-state index in [0.29, 0.717) is 12.5 Å². The van der Waals surface area contributed by atoms with E-state index in [4.69, 9.17) is 4.74 Å². The Kier molecular flexibility index (Phi) is 4.59. The topological polar surface area (TPSA) is 50.7 Å². The number of carbonyl (C=O) groups excluding carboxylic acids is 1. The highest BCUT2D eigenvalue weighted by Crippen LogP contribution is 2.52. The first-order chi connectivity index (χ1) is 12.1. The van der Waals surface area contributed by atoms with Crippen LogP contribution in [0.1, 0.15) is 38.2 Å². The maximum atomic E-state index is 12.0. The van der Waals surface area contributed by atoms with Crippen molar-refractivity contribution in [2.24, 2.45) is 10.9 Å². The Balaban J connectivity index is 1.25. The van der Waals surface area contributed by atoms with Crippen molar-refractivity contribution < 1.29 is 9.53 Å². The largest absolute Gasteiger partial charge is 0.493 e. The minimum absolute atomic E-state index is 0.0489. The highest BCUT2D eigenvalue weighted by molar-refractivity contribution is 8.02. The molecule has 2 aliphatic heterocycles. The molecule has 3 aliphatic rings. The molecule has 2 unspecified atom stereocenters. The summed E-state index contributed by atoms with van der Waals surface area (Å²) < 4.78 is 5.83. The molecule has 0 bridgehead atoms. The monoisotopic (exact) mass is 356 g/mol. The van der Waals surface area contributed by atoms with Crippen molar-refractivity contribution in [3.63, 3.8) is 0 Å². The van der Waals surface area contributed by atoms with Crippen LogP contribution in [0.25, 0.3) is 0 Å². The summed E-state index contributed by atoms with van der Waals surface area (Å²) in [6.07, 6.45) is 9.16. The van der Waals surface area contributed by atoms with Gasteiger partial charge in [0.25, 0.3) is 0 Å². The third-order valence-electron chi connectivity index (χ3n) is 4.91. The van der Waals surface area contributed by atoms with Crippen LogP contribution in [0.4, 0.5) is 0 Å². The van der Waals surface area contributed by atoms with Crippen molar-refractivity contribution in [2.75, 3.05) is 6.61 Å². The van der Waals surface area contributed by atoms with Gasteiger partial charge in [0.05, 0.1) is 16.7 Å². The van der Waals surface area contributed by atoms with Gasteiger partial charge in [0, 0.05) is 18.3 Å². The highest BCUT2D eigenvalue weighted by atomic mass is 32.2. The van der Waals surface area contributed by atoms with E-state index in [1.54, 1.807) is 11.8 Å². The summed E-state index contributed by atoms with van der Waals surface area (Å²) in [7, 11) is 0. The first-order valence-corrected chi connectivity index (χ1v) is 9.95. The van der Waals surface area contributed by atoms with Gasteiger partial charge in [0.1, 0.15) is 5.75 Å². The number of hydrogen-bond donors (Lipinski definition) is 1. The molecular formula is C20H24N2O2S. The molecule has 4 rings (SSSR count). The quantitative estimate of drug-likeness (QED) is 0.845. The average molecular weight is 356 g/mol. The number of allylic oxidation sites excluding steroid dienone is 1. The van der Waals surface area contributed by atoms with Crippen molar-refractivity contribution in [1.82, 2.24) is 5.32 Å². The van der Waals surface area contributed by atoms with Gasteiger partial charge in [0.2, 0.25) is 5.91 Å². The lowest BCUT2D eigenvalue weighted by Crippen LogP contribution is -2.29. The van der Waals surface area contributed by atoms with E-state index < -0.39 is 0 Å². The minimum atomic E-state index is 0.0489. The Hall–Kier alpha value is -1.75. The lowest BCUT2D eigenvalue weighted by atomic mass is 10.1. The number of benzene rings is 1. The number of rotatable bonds is 6. The molecule has 25 heavy (non-hydrogen) atoms. The molecule has 2 heterocycles. The smallest absolute Gasteiger partial charge is 0.234 e.